The summed E-state index contributed by atoms with van der Waals surface area (Å²) in [7, 11) is 0. The molecule has 1 amide bonds. The third-order valence-electron chi connectivity index (χ3n) is 6.47. The van der Waals surface area contributed by atoms with Crippen molar-refractivity contribution in [3.8, 4) is 5.75 Å². The van der Waals surface area contributed by atoms with Crippen molar-refractivity contribution < 1.29 is 19.4 Å². The molecule has 0 unspecified atom stereocenters. The lowest BCUT2D eigenvalue weighted by Gasteiger charge is -2.32. The summed E-state index contributed by atoms with van der Waals surface area (Å²) < 4.78 is 13.0. The number of hydrogen-bond acceptors (Lipinski definition) is 6. The minimum Gasteiger partial charge on any atom is -0.490 e. The van der Waals surface area contributed by atoms with Crippen LogP contribution in [0.5, 0.6) is 5.75 Å². The number of benzene rings is 2. The molecule has 0 saturated carbocycles. The molecule has 0 aliphatic carbocycles. The van der Waals surface area contributed by atoms with E-state index in [1.54, 1.807) is 47.8 Å². The van der Waals surface area contributed by atoms with Gasteiger partial charge in [0.2, 0.25) is 0 Å². The van der Waals surface area contributed by atoms with Gasteiger partial charge in [0.15, 0.2) is 0 Å². The predicted octanol–water partition coefficient (Wildman–Crippen LogP) is 3.77. The van der Waals surface area contributed by atoms with Crippen LogP contribution in [0.3, 0.4) is 0 Å². The van der Waals surface area contributed by atoms with Crippen LogP contribution in [-0.2, 0) is 17.7 Å². The molecule has 3 aromatic rings. The largest absolute Gasteiger partial charge is 0.490 e. The van der Waals surface area contributed by atoms with Crippen LogP contribution in [0.1, 0.15) is 37.8 Å². The highest BCUT2D eigenvalue weighted by Gasteiger charge is 2.39. The molecule has 0 radical (unpaired) electrons. The minimum atomic E-state index is -0.988. The molecule has 5 rings (SSSR count). The lowest BCUT2D eigenvalue weighted by atomic mass is 9.96. The summed E-state index contributed by atoms with van der Waals surface area (Å²) in [5.41, 5.74) is 1.07. The Morgan fingerprint density at radius 1 is 1.23 bits per heavy atom. The highest BCUT2D eigenvalue weighted by molar-refractivity contribution is 6.30. The Kier molecular flexibility index (Phi) is 6.19. The maximum atomic E-state index is 13.5. The van der Waals surface area contributed by atoms with E-state index in [1.807, 2.05) is 18.2 Å². The molecular weight excluding hydrogens is 470 g/mol. The molecule has 0 bridgehead atoms. The zero-order chi connectivity index (χ0) is 24.7. The van der Waals surface area contributed by atoms with E-state index in [2.05, 4.69) is 4.98 Å². The molecule has 184 valence electrons. The SMILES string of the molecule is CC(C)(O)Cc1cc(O[C@H]2CCN3C(=O)OC[C@@H]3C2)cc2c(=O)n(Cc3ccc(Cl)cc3)cnc12. The summed E-state index contributed by atoms with van der Waals surface area (Å²) in [4.78, 5) is 31.6. The fourth-order valence-corrected chi connectivity index (χ4v) is 4.97. The maximum Gasteiger partial charge on any atom is 0.410 e. The second kappa shape index (κ2) is 9.17. The lowest BCUT2D eigenvalue weighted by molar-refractivity contribution is 0.0808. The van der Waals surface area contributed by atoms with E-state index in [9.17, 15) is 14.7 Å². The Bertz CT molecular complexity index is 1320. The van der Waals surface area contributed by atoms with Crippen LogP contribution in [0.2, 0.25) is 5.02 Å². The molecule has 1 N–H and O–H groups in total. The minimum absolute atomic E-state index is 0.0100. The second-order valence-corrected chi connectivity index (χ2v) is 10.4. The normalized spacial score (nSPS) is 20.1. The monoisotopic (exact) mass is 497 g/mol. The van der Waals surface area contributed by atoms with Crippen molar-refractivity contribution in [2.24, 2.45) is 0 Å². The van der Waals surface area contributed by atoms with Gasteiger partial charge in [0.05, 0.1) is 35.4 Å². The van der Waals surface area contributed by atoms with Crippen LogP contribution in [0.25, 0.3) is 10.9 Å². The fraction of sp³-hybridized carbons (Fsp3) is 0.423. The van der Waals surface area contributed by atoms with Crippen molar-refractivity contribution >= 4 is 28.6 Å². The van der Waals surface area contributed by atoms with Gasteiger partial charge in [-0.25, -0.2) is 9.78 Å². The summed E-state index contributed by atoms with van der Waals surface area (Å²) in [6.07, 6.45) is 2.83. The topological polar surface area (TPSA) is 93.9 Å². The number of halogens is 1. The van der Waals surface area contributed by atoms with Gasteiger partial charge in [-0.15, -0.1) is 0 Å². The number of fused-ring (bicyclic) bond motifs is 2. The zero-order valence-corrected chi connectivity index (χ0v) is 20.5. The van der Waals surface area contributed by atoms with E-state index in [0.29, 0.717) is 60.6 Å². The van der Waals surface area contributed by atoms with Crippen molar-refractivity contribution in [1.82, 2.24) is 14.5 Å². The Hall–Kier alpha value is -3.10. The van der Waals surface area contributed by atoms with Gasteiger partial charge in [0, 0.05) is 30.8 Å². The number of aromatic nitrogens is 2. The van der Waals surface area contributed by atoms with Crippen LogP contribution in [-0.4, -0.2) is 56.5 Å². The highest BCUT2D eigenvalue weighted by Crippen LogP contribution is 2.30. The first-order valence-corrected chi connectivity index (χ1v) is 12.1. The van der Waals surface area contributed by atoms with Crippen LogP contribution in [0.4, 0.5) is 4.79 Å². The summed E-state index contributed by atoms with van der Waals surface area (Å²) in [5, 5.41) is 11.6. The smallest absolute Gasteiger partial charge is 0.410 e. The van der Waals surface area contributed by atoms with E-state index < -0.39 is 5.60 Å². The molecule has 0 spiro atoms. The summed E-state index contributed by atoms with van der Waals surface area (Å²) >= 11 is 5.99. The number of aliphatic hydroxyl groups is 1. The van der Waals surface area contributed by atoms with E-state index in [-0.39, 0.29) is 23.8 Å². The molecule has 8 nitrogen and oxygen atoms in total. The molecule has 2 fully saturated rings. The van der Waals surface area contributed by atoms with Crippen molar-refractivity contribution in [2.75, 3.05) is 13.2 Å². The van der Waals surface area contributed by atoms with Crippen LogP contribution in [0, 0.1) is 0 Å². The first kappa shape index (κ1) is 23.6. The third kappa shape index (κ3) is 5.13. The summed E-state index contributed by atoms with van der Waals surface area (Å²) in [6.45, 7) is 4.76. The zero-order valence-electron chi connectivity index (χ0n) is 19.7. The number of carbonyl (C=O) groups is 1. The molecule has 2 aromatic carbocycles. The number of cyclic esters (lactones) is 1. The number of rotatable bonds is 6. The van der Waals surface area contributed by atoms with Gasteiger partial charge in [-0.2, -0.15) is 0 Å². The van der Waals surface area contributed by atoms with E-state index in [1.165, 1.54) is 0 Å². The number of amides is 1. The molecule has 2 saturated heterocycles. The number of ether oxygens (including phenoxy) is 2. The first-order valence-electron chi connectivity index (χ1n) is 11.8. The van der Waals surface area contributed by atoms with Crippen LogP contribution < -0.4 is 10.3 Å². The molecule has 2 atom stereocenters. The standard InChI is InChI=1S/C26H28ClN3O5/c1-26(2,33)12-17-9-21(35-20-7-8-30-19(10-20)14-34-25(30)32)11-22-23(17)28-15-29(24(22)31)13-16-3-5-18(27)6-4-16/h3-6,9,11,15,19-20,33H,7-8,10,12-14H2,1-2H3/t19-,20-/m0/s1. The predicted molar refractivity (Wildman–Crippen MR) is 132 cm³/mol. The average Bonchev–Trinajstić information content (AvgIpc) is 3.16. The molecule has 2 aliphatic rings. The molecule has 3 heterocycles. The Morgan fingerprint density at radius 2 is 2.00 bits per heavy atom. The number of hydrogen-bond donors (Lipinski definition) is 1. The molecule has 35 heavy (non-hydrogen) atoms. The van der Waals surface area contributed by atoms with Gasteiger partial charge < -0.3 is 19.5 Å². The summed E-state index contributed by atoms with van der Waals surface area (Å²) in [5.74, 6) is 0.559. The van der Waals surface area contributed by atoms with Gasteiger partial charge in [-0.1, -0.05) is 23.7 Å². The van der Waals surface area contributed by atoms with Gasteiger partial charge in [-0.3, -0.25) is 9.36 Å². The Morgan fingerprint density at radius 3 is 2.74 bits per heavy atom. The average molecular weight is 498 g/mol. The Labute approximate surface area is 208 Å². The van der Waals surface area contributed by atoms with Gasteiger partial charge >= 0.3 is 6.09 Å². The lowest BCUT2D eigenvalue weighted by Crippen LogP contribution is -2.44. The van der Waals surface area contributed by atoms with Gasteiger partial charge in [0.25, 0.3) is 5.56 Å². The quantitative estimate of drug-likeness (QED) is 0.557. The van der Waals surface area contributed by atoms with Gasteiger partial charge in [0.1, 0.15) is 18.5 Å². The molecule has 2 aliphatic heterocycles. The number of piperidine rings is 1. The van der Waals surface area contributed by atoms with Crippen molar-refractivity contribution in [1.29, 1.82) is 0 Å². The van der Waals surface area contributed by atoms with Crippen molar-refractivity contribution in [3.05, 3.63) is 69.2 Å². The molecule has 9 heteroatoms. The fourth-order valence-electron chi connectivity index (χ4n) is 4.85. The maximum absolute atomic E-state index is 13.5. The molecular formula is C26H28ClN3O5. The third-order valence-corrected chi connectivity index (χ3v) is 6.73. The second-order valence-electron chi connectivity index (χ2n) is 9.96. The van der Waals surface area contributed by atoms with Gasteiger partial charge in [-0.05, 0) is 49.2 Å². The van der Waals surface area contributed by atoms with E-state index in [0.717, 1.165) is 11.1 Å². The number of nitrogens with zero attached hydrogens (tertiary/aromatic N) is 3. The van der Waals surface area contributed by atoms with Crippen LogP contribution >= 0.6 is 11.6 Å². The van der Waals surface area contributed by atoms with Crippen LogP contribution in [0.15, 0.2) is 47.5 Å². The van der Waals surface area contributed by atoms with E-state index >= 15 is 0 Å². The number of carbonyl (C=O) groups excluding carboxylic acids is 1. The molecule has 1 aromatic heterocycles. The first-order chi connectivity index (χ1) is 16.7. The Balaban J connectivity index is 1.48. The van der Waals surface area contributed by atoms with Crippen molar-refractivity contribution in [2.45, 2.75) is 57.4 Å². The summed E-state index contributed by atoms with van der Waals surface area (Å²) in [6, 6.07) is 10.9. The van der Waals surface area contributed by atoms with Crippen molar-refractivity contribution in [3.63, 3.8) is 0 Å². The van der Waals surface area contributed by atoms with E-state index in [4.69, 9.17) is 21.1 Å². The highest BCUT2D eigenvalue weighted by atomic mass is 35.5.